The Bertz CT molecular complexity index is 444. The molecule has 0 atom stereocenters. The highest BCUT2D eigenvalue weighted by molar-refractivity contribution is 5.53. The van der Waals surface area contributed by atoms with Gasteiger partial charge in [0.2, 0.25) is 5.75 Å². The van der Waals surface area contributed by atoms with Crippen LogP contribution in [0, 0.1) is 0 Å². The summed E-state index contributed by atoms with van der Waals surface area (Å²) >= 11 is 0. The van der Waals surface area contributed by atoms with Crippen molar-refractivity contribution in [3.63, 3.8) is 0 Å². The predicted molar refractivity (Wildman–Crippen MR) is 68.8 cm³/mol. The molecular weight excluding hydrogens is 294 g/mol. The topological polar surface area (TPSA) is 39.7 Å². The lowest BCUT2D eigenvalue weighted by molar-refractivity contribution is -0.125. The molecule has 8 heteroatoms. The lowest BCUT2D eigenvalue weighted by atomic mass is 10.1. The maximum absolute atomic E-state index is 12.8. The van der Waals surface area contributed by atoms with Gasteiger partial charge in [0, 0.05) is 6.54 Å². The second-order valence-corrected chi connectivity index (χ2v) is 4.20. The van der Waals surface area contributed by atoms with Gasteiger partial charge in [-0.1, -0.05) is 0 Å². The number of nitrogens with one attached hydrogen (secondary N) is 1. The van der Waals surface area contributed by atoms with Gasteiger partial charge in [-0.3, -0.25) is 0 Å². The van der Waals surface area contributed by atoms with Gasteiger partial charge >= 0.3 is 12.3 Å². The molecule has 120 valence electrons. The van der Waals surface area contributed by atoms with E-state index in [0.29, 0.717) is 22.8 Å². The minimum Gasteiger partial charge on any atom is -0.493 e. The van der Waals surface area contributed by atoms with Crippen molar-refractivity contribution < 1.29 is 31.8 Å². The predicted octanol–water partition coefficient (Wildman–Crippen LogP) is 2.70. The maximum atomic E-state index is 12.8. The summed E-state index contributed by atoms with van der Waals surface area (Å²) < 4.78 is 64.9. The average Bonchev–Trinajstić information content (AvgIpc) is 2.45. The highest BCUT2D eigenvalue weighted by Crippen LogP contribution is 2.38. The van der Waals surface area contributed by atoms with Crippen molar-refractivity contribution in [3.05, 3.63) is 17.7 Å². The normalized spacial score (nSPS) is 11.6. The summed E-state index contributed by atoms with van der Waals surface area (Å²) in [6.45, 7) is -1.17. The average molecular weight is 311 g/mol. The number of alkyl halides is 4. The molecule has 0 spiro atoms. The molecule has 0 aliphatic carbocycles. The van der Waals surface area contributed by atoms with Crippen LogP contribution in [0.15, 0.2) is 12.1 Å². The molecular formula is C13H17F4NO3. The van der Waals surface area contributed by atoms with Crippen LogP contribution in [-0.2, 0) is 6.54 Å². The van der Waals surface area contributed by atoms with Gasteiger partial charge in [-0.25, -0.2) is 8.78 Å². The zero-order valence-corrected chi connectivity index (χ0v) is 11.9. The van der Waals surface area contributed by atoms with E-state index in [1.807, 2.05) is 0 Å². The van der Waals surface area contributed by atoms with Crippen molar-refractivity contribution in [2.24, 2.45) is 0 Å². The standard InChI is InChI=1S/C13H17F4NO3/c1-19-9-4-8(5-10(20-2)11(9)21-3)6-18-7-13(16,17)12(14)15/h4-5,12,18H,6-7H2,1-3H3. The summed E-state index contributed by atoms with van der Waals surface area (Å²) in [5.74, 6) is -2.99. The fourth-order valence-corrected chi connectivity index (χ4v) is 1.69. The van der Waals surface area contributed by atoms with Gasteiger partial charge in [0.15, 0.2) is 11.5 Å². The third-order valence-corrected chi connectivity index (χ3v) is 2.73. The number of ether oxygens (including phenoxy) is 3. The van der Waals surface area contributed by atoms with Crippen LogP contribution in [0.4, 0.5) is 17.6 Å². The molecule has 0 amide bonds. The van der Waals surface area contributed by atoms with Gasteiger partial charge in [0.25, 0.3) is 0 Å². The van der Waals surface area contributed by atoms with Crippen LogP contribution in [0.3, 0.4) is 0 Å². The molecule has 0 fully saturated rings. The molecule has 0 heterocycles. The molecule has 1 N–H and O–H groups in total. The van der Waals surface area contributed by atoms with E-state index in [1.54, 1.807) is 12.1 Å². The van der Waals surface area contributed by atoms with Gasteiger partial charge < -0.3 is 19.5 Å². The van der Waals surface area contributed by atoms with E-state index in [9.17, 15) is 17.6 Å². The van der Waals surface area contributed by atoms with E-state index in [2.05, 4.69) is 5.32 Å². The Hall–Kier alpha value is -1.70. The fraction of sp³-hybridized carbons (Fsp3) is 0.538. The van der Waals surface area contributed by atoms with E-state index in [0.717, 1.165) is 0 Å². The molecule has 1 aromatic rings. The van der Waals surface area contributed by atoms with Crippen molar-refractivity contribution in [2.45, 2.75) is 18.9 Å². The summed E-state index contributed by atoms with van der Waals surface area (Å²) in [5, 5.41) is 2.28. The highest BCUT2D eigenvalue weighted by atomic mass is 19.3. The highest BCUT2D eigenvalue weighted by Gasteiger charge is 2.39. The summed E-state index contributed by atoms with van der Waals surface area (Å²) in [6, 6.07) is 3.10. The second-order valence-electron chi connectivity index (χ2n) is 4.20. The third kappa shape index (κ3) is 4.38. The van der Waals surface area contributed by atoms with Crippen LogP contribution in [-0.4, -0.2) is 40.2 Å². The summed E-state index contributed by atoms with van der Waals surface area (Å²) in [5.41, 5.74) is 0.537. The summed E-state index contributed by atoms with van der Waals surface area (Å²) in [4.78, 5) is 0. The van der Waals surface area contributed by atoms with Crippen molar-refractivity contribution in [3.8, 4) is 17.2 Å². The largest absolute Gasteiger partial charge is 0.493 e. The van der Waals surface area contributed by atoms with Crippen molar-refractivity contribution in [1.29, 1.82) is 0 Å². The van der Waals surface area contributed by atoms with Gasteiger partial charge in [-0.15, -0.1) is 0 Å². The van der Waals surface area contributed by atoms with Gasteiger partial charge in [0.05, 0.1) is 27.9 Å². The van der Waals surface area contributed by atoms with Gasteiger partial charge in [-0.05, 0) is 17.7 Å². The monoisotopic (exact) mass is 311 g/mol. The lowest BCUT2D eigenvalue weighted by Crippen LogP contribution is -2.38. The van der Waals surface area contributed by atoms with Crippen LogP contribution in [0.25, 0.3) is 0 Å². The zero-order chi connectivity index (χ0) is 16.0. The summed E-state index contributed by atoms with van der Waals surface area (Å²) in [7, 11) is 4.26. The molecule has 1 aromatic carbocycles. The van der Waals surface area contributed by atoms with E-state index in [-0.39, 0.29) is 6.54 Å². The van der Waals surface area contributed by atoms with Crippen molar-refractivity contribution in [1.82, 2.24) is 5.32 Å². The molecule has 1 rings (SSSR count). The van der Waals surface area contributed by atoms with Gasteiger partial charge in [0.1, 0.15) is 0 Å². The smallest absolute Gasteiger partial charge is 0.319 e. The number of hydrogen-bond acceptors (Lipinski definition) is 4. The molecule has 0 aromatic heterocycles. The quantitative estimate of drug-likeness (QED) is 0.749. The van der Waals surface area contributed by atoms with Crippen molar-refractivity contribution in [2.75, 3.05) is 27.9 Å². The van der Waals surface area contributed by atoms with Crippen LogP contribution in [0.5, 0.6) is 17.2 Å². The molecule has 0 unspecified atom stereocenters. The molecule has 0 saturated carbocycles. The molecule has 0 aliphatic heterocycles. The number of methoxy groups -OCH3 is 3. The number of hydrogen-bond donors (Lipinski definition) is 1. The van der Waals surface area contributed by atoms with E-state index in [1.165, 1.54) is 21.3 Å². The Morgan fingerprint density at radius 1 is 1.05 bits per heavy atom. The van der Waals surface area contributed by atoms with Crippen LogP contribution in [0.2, 0.25) is 0 Å². The fourth-order valence-electron chi connectivity index (χ4n) is 1.69. The first-order chi connectivity index (χ1) is 9.85. The molecule has 0 saturated heterocycles. The molecule has 4 nitrogen and oxygen atoms in total. The SMILES string of the molecule is COc1cc(CNCC(F)(F)C(F)F)cc(OC)c1OC. The Morgan fingerprint density at radius 3 is 1.95 bits per heavy atom. The summed E-state index contributed by atoms with van der Waals surface area (Å²) in [6.07, 6.45) is -3.70. The van der Waals surface area contributed by atoms with E-state index >= 15 is 0 Å². The lowest BCUT2D eigenvalue weighted by Gasteiger charge is -2.17. The van der Waals surface area contributed by atoms with Crippen LogP contribution >= 0.6 is 0 Å². The Morgan fingerprint density at radius 2 is 1.57 bits per heavy atom. The van der Waals surface area contributed by atoms with E-state index in [4.69, 9.17) is 14.2 Å². The first kappa shape index (κ1) is 17.4. The zero-order valence-electron chi connectivity index (χ0n) is 11.9. The van der Waals surface area contributed by atoms with Crippen molar-refractivity contribution >= 4 is 0 Å². The second kappa shape index (κ2) is 7.35. The molecule has 21 heavy (non-hydrogen) atoms. The first-order valence-electron chi connectivity index (χ1n) is 6.01. The number of halogens is 4. The van der Waals surface area contributed by atoms with E-state index < -0.39 is 18.9 Å². The number of rotatable bonds is 8. The third-order valence-electron chi connectivity index (χ3n) is 2.73. The Labute approximate surface area is 120 Å². The maximum Gasteiger partial charge on any atom is 0.319 e. The minimum absolute atomic E-state index is 0.0426. The van der Waals surface area contributed by atoms with Gasteiger partial charge in [-0.2, -0.15) is 8.78 Å². The molecule has 0 aliphatic rings. The molecule has 0 bridgehead atoms. The minimum atomic E-state index is -4.07. The number of benzene rings is 1. The van der Waals surface area contributed by atoms with Crippen LogP contribution < -0.4 is 19.5 Å². The van der Waals surface area contributed by atoms with Crippen LogP contribution in [0.1, 0.15) is 5.56 Å². The Balaban J connectivity index is 2.81. The first-order valence-corrected chi connectivity index (χ1v) is 6.01. The molecule has 0 radical (unpaired) electrons. The Kier molecular flexibility index (Phi) is 6.07.